The number of nitrogens with one attached hydrogen (secondary N) is 1. The molecule has 2 heterocycles. The van der Waals surface area contributed by atoms with Crippen LogP contribution in [-0.2, 0) is 4.79 Å². The molecule has 1 fully saturated rings. The van der Waals surface area contributed by atoms with Gasteiger partial charge in [-0.3, -0.25) is 4.79 Å². The van der Waals surface area contributed by atoms with Crippen LogP contribution in [0, 0.1) is 5.82 Å². The molecule has 1 amide bonds. The molecule has 0 unspecified atom stereocenters. The van der Waals surface area contributed by atoms with Crippen molar-refractivity contribution in [3.05, 3.63) is 63.9 Å². The highest BCUT2D eigenvalue weighted by molar-refractivity contribution is 8.18. The number of carbonyl (C=O) groups is 1. The second-order valence-corrected chi connectivity index (χ2v) is 5.80. The summed E-state index contributed by atoms with van der Waals surface area (Å²) in [5, 5.41) is 3.51. The third-order valence-corrected chi connectivity index (χ3v) is 3.90. The Morgan fingerprint density at radius 2 is 2.09 bits per heavy atom. The highest BCUT2D eigenvalue weighted by Crippen LogP contribution is 2.28. The van der Waals surface area contributed by atoms with Crippen molar-refractivity contribution in [3.8, 4) is 0 Å². The van der Waals surface area contributed by atoms with Crippen LogP contribution in [-0.4, -0.2) is 16.1 Å². The molecule has 1 aromatic carbocycles. The molecule has 0 bridgehead atoms. The SMILES string of the molecule is O=C1NC(=Nc2ccc(Cl)cn2)S/C1=C\c1ccccc1F. The van der Waals surface area contributed by atoms with E-state index in [-0.39, 0.29) is 11.7 Å². The van der Waals surface area contributed by atoms with E-state index in [1.165, 1.54) is 18.3 Å². The maximum absolute atomic E-state index is 13.6. The molecule has 1 N–H and O–H groups in total. The number of aromatic nitrogens is 1. The minimum absolute atomic E-state index is 0.319. The van der Waals surface area contributed by atoms with Gasteiger partial charge in [0.1, 0.15) is 5.82 Å². The van der Waals surface area contributed by atoms with Crippen molar-refractivity contribution in [2.45, 2.75) is 0 Å². The van der Waals surface area contributed by atoms with Crippen molar-refractivity contribution in [2.24, 2.45) is 4.99 Å². The number of amidine groups is 1. The molecular formula is C15H9ClFN3OS. The Kier molecular flexibility index (Phi) is 4.22. The zero-order valence-corrected chi connectivity index (χ0v) is 12.7. The fourth-order valence-electron chi connectivity index (χ4n) is 1.75. The molecule has 0 spiro atoms. The summed E-state index contributed by atoms with van der Waals surface area (Å²) < 4.78 is 13.6. The fraction of sp³-hybridized carbons (Fsp3) is 0. The van der Waals surface area contributed by atoms with Crippen LogP contribution in [0.3, 0.4) is 0 Å². The third kappa shape index (κ3) is 3.35. The first-order valence-electron chi connectivity index (χ1n) is 6.27. The number of rotatable bonds is 2. The summed E-state index contributed by atoms with van der Waals surface area (Å²) >= 11 is 6.88. The Hall–Kier alpha value is -2.18. The molecule has 7 heteroatoms. The van der Waals surface area contributed by atoms with Gasteiger partial charge in [0.25, 0.3) is 5.91 Å². The van der Waals surface area contributed by atoms with Gasteiger partial charge >= 0.3 is 0 Å². The first-order valence-corrected chi connectivity index (χ1v) is 7.47. The van der Waals surface area contributed by atoms with E-state index in [2.05, 4.69) is 15.3 Å². The summed E-state index contributed by atoms with van der Waals surface area (Å²) in [6, 6.07) is 9.55. The van der Waals surface area contributed by atoms with Gasteiger partial charge in [-0.25, -0.2) is 14.4 Å². The van der Waals surface area contributed by atoms with Gasteiger partial charge in [0, 0.05) is 11.8 Å². The number of thioether (sulfide) groups is 1. The molecule has 1 aliphatic rings. The van der Waals surface area contributed by atoms with Crippen LogP contribution in [0.15, 0.2) is 52.5 Å². The van der Waals surface area contributed by atoms with E-state index in [0.717, 1.165) is 11.8 Å². The van der Waals surface area contributed by atoms with E-state index in [0.29, 0.717) is 26.5 Å². The van der Waals surface area contributed by atoms with Gasteiger partial charge < -0.3 is 5.32 Å². The number of amides is 1. The van der Waals surface area contributed by atoms with Crippen molar-refractivity contribution >= 4 is 46.3 Å². The van der Waals surface area contributed by atoms with Crippen LogP contribution >= 0.6 is 23.4 Å². The van der Waals surface area contributed by atoms with Gasteiger partial charge in [-0.2, -0.15) is 0 Å². The molecule has 0 saturated carbocycles. The monoisotopic (exact) mass is 333 g/mol. The Labute approximate surface area is 135 Å². The summed E-state index contributed by atoms with van der Waals surface area (Å²) in [5.74, 6) is -0.270. The highest BCUT2D eigenvalue weighted by atomic mass is 35.5. The number of pyridine rings is 1. The molecule has 0 aliphatic carbocycles. The molecule has 0 atom stereocenters. The molecule has 1 aliphatic heterocycles. The summed E-state index contributed by atoms with van der Waals surface area (Å²) in [4.78, 5) is 20.5. The van der Waals surface area contributed by atoms with Gasteiger partial charge in [-0.1, -0.05) is 29.8 Å². The third-order valence-electron chi connectivity index (χ3n) is 2.77. The predicted octanol–water partition coefficient (Wildman–Crippen LogP) is 3.77. The number of hydrogen-bond donors (Lipinski definition) is 1. The van der Waals surface area contributed by atoms with E-state index < -0.39 is 0 Å². The van der Waals surface area contributed by atoms with Crippen LogP contribution in [0.2, 0.25) is 5.02 Å². The van der Waals surface area contributed by atoms with Crippen molar-refractivity contribution in [3.63, 3.8) is 0 Å². The van der Waals surface area contributed by atoms with Gasteiger partial charge in [0.2, 0.25) is 0 Å². The van der Waals surface area contributed by atoms with Gasteiger partial charge in [0.15, 0.2) is 11.0 Å². The van der Waals surface area contributed by atoms with Crippen LogP contribution in [0.1, 0.15) is 5.56 Å². The highest BCUT2D eigenvalue weighted by Gasteiger charge is 2.24. The lowest BCUT2D eigenvalue weighted by molar-refractivity contribution is -0.115. The lowest BCUT2D eigenvalue weighted by Gasteiger charge is -1.96. The standard InChI is InChI=1S/C15H9ClFN3OS/c16-10-5-6-13(18-8-10)19-15-20-14(21)12(22-15)7-9-3-1-2-4-11(9)17/h1-8H,(H,18,19,20,21)/b12-7-. The van der Waals surface area contributed by atoms with E-state index in [4.69, 9.17) is 11.6 Å². The number of benzene rings is 1. The van der Waals surface area contributed by atoms with Gasteiger partial charge in [-0.05, 0) is 36.0 Å². The Bertz CT molecular complexity index is 790. The van der Waals surface area contributed by atoms with E-state index in [1.54, 1.807) is 30.3 Å². The minimum atomic E-state index is -0.381. The minimum Gasteiger partial charge on any atom is -0.300 e. The molecule has 3 rings (SSSR count). The topological polar surface area (TPSA) is 54.4 Å². The lowest BCUT2D eigenvalue weighted by atomic mass is 10.2. The number of hydrogen-bond acceptors (Lipinski definition) is 4. The second-order valence-electron chi connectivity index (χ2n) is 4.34. The van der Waals surface area contributed by atoms with E-state index in [1.807, 2.05) is 0 Å². The lowest BCUT2D eigenvalue weighted by Crippen LogP contribution is -2.19. The summed E-state index contributed by atoms with van der Waals surface area (Å²) in [7, 11) is 0. The smallest absolute Gasteiger partial charge is 0.264 e. The predicted molar refractivity (Wildman–Crippen MR) is 86.5 cm³/mol. The Balaban J connectivity index is 1.84. The molecule has 4 nitrogen and oxygen atoms in total. The van der Waals surface area contributed by atoms with Crippen molar-refractivity contribution in [1.82, 2.24) is 10.3 Å². The average molecular weight is 334 g/mol. The molecular weight excluding hydrogens is 325 g/mol. The number of halogens is 2. The van der Waals surface area contributed by atoms with Gasteiger partial charge in [0.05, 0.1) is 9.93 Å². The zero-order chi connectivity index (χ0) is 15.5. The molecule has 22 heavy (non-hydrogen) atoms. The van der Waals surface area contributed by atoms with Crippen molar-refractivity contribution in [2.75, 3.05) is 0 Å². The molecule has 0 radical (unpaired) electrons. The molecule has 1 aromatic heterocycles. The number of nitrogens with zero attached hydrogens (tertiary/aromatic N) is 2. The van der Waals surface area contributed by atoms with Crippen molar-refractivity contribution in [1.29, 1.82) is 0 Å². The van der Waals surface area contributed by atoms with E-state index in [9.17, 15) is 9.18 Å². The maximum atomic E-state index is 13.6. The molecule has 110 valence electrons. The Morgan fingerprint density at radius 3 is 2.82 bits per heavy atom. The second kappa shape index (κ2) is 6.29. The zero-order valence-electron chi connectivity index (χ0n) is 11.1. The molecule has 2 aromatic rings. The summed E-state index contributed by atoms with van der Waals surface area (Å²) in [5.41, 5.74) is 0.353. The summed E-state index contributed by atoms with van der Waals surface area (Å²) in [6.07, 6.45) is 2.96. The van der Waals surface area contributed by atoms with Gasteiger partial charge in [-0.15, -0.1) is 0 Å². The quantitative estimate of drug-likeness (QED) is 0.851. The summed E-state index contributed by atoms with van der Waals surface area (Å²) in [6.45, 7) is 0. The fourth-order valence-corrected chi connectivity index (χ4v) is 2.68. The largest absolute Gasteiger partial charge is 0.300 e. The Morgan fingerprint density at radius 1 is 1.27 bits per heavy atom. The molecule has 1 saturated heterocycles. The normalized spacial score (nSPS) is 18.0. The van der Waals surface area contributed by atoms with Crippen molar-refractivity contribution < 1.29 is 9.18 Å². The average Bonchev–Trinajstić information content (AvgIpc) is 2.84. The number of aliphatic imine (C=N–C) groups is 1. The first-order chi connectivity index (χ1) is 10.6. The van der Waals surface area contributed by atoms with E-state index >= 15 is 0 Å². The number of carbonyl (C=O) groups excluding carboxylic acids is 1. The maximum Gasteiger partial charge on any atom is 0.264 e. The first kappa shape index (κ1) is 14.7. The van der Waals surface area contributed by atoms with Crippen LogP contribution < -0.4 is 5.32 Å². The van der Waals surface area contributed by atoms with Crippen LogP contribution in [0.5, 0.6) is 0 Å². The van der Waals surface area contributed by atoms with Crippen LogP contribution in [0.25, 0.3) is 6.08 Å². The van der Waals surface area contributed by atoms with Crippen LogP contribution in [0.4, 0.5) is 10.2 Å².